The van der Waals surface area contributed by atoms with Gasteiger partial charge in [0.15, 0.2) is 0 Å². The molecule has 0 amide bonds. The smallest absolute Gasteiger partial charge is 0.136 e. The van der Waals surface area contributed by atoms with Crippen LogP contribution in [-0.4, -0.2) is 0 Å². The molecule has 1 heterocycles. The lowest BCUT2D eigenvalue weighted by Crippen LogP contribution is -1.92. The minimum Gasteiger partial charge on any atom is -0.456 e. The van der Waals surface area contributed by atoms with Crippen LogP contribution in [0.25, 0.3) is 98.8 Å². The van der Waals surface area contributed by atoms with Gasteiger partial charge in [-0.2, -0.15) is 0 Å². The van der Waals surface area contributed by atoms with Crippen molar-refractivity contribution >= 4 is 54.3 Å². The highest BCUT2D eigenvalue weighted by atomic mass is 16.3. The lowest BCUT2D eigenvalue weighted by Gasteiger charge is -2.19. The fourth-order valence-electron chi connectivity index (χ4n) is 7.34. The average Bonchev–Trinajstić information content (AvgIpc) is 3.63. The first-order valence-corrected chi connectivity index (χ1v) is 16.2. The topological polar surface area (TPSA) is 13.1 Å². The lowest BCUT2D eigenvalue weighted by molar-refractivity contribution is 0.669. The van der Waals surface area contributed by atoms with Gasteiger partial charge in [0.05, 0.1) is 11.0 Å². The van der Waals surface area contributed by atoms with E-state index in [1.165, 1.54) is 0 Å². The Morgan fingerprint density at radius 3 is 1.69 bits per heavy atom. The molecule has 0 bridgehead atoms. The molecule has 0 saturated heterocycles. The van der Waals surface area contributed by atoms with Gasteiger partial charge in [0.25, 0.3) is 0 Å². The van der Waals surface area contributed by atoms with E-state index in [-0.39, 0.29) is 51.3 Å². The van der Waals surface area contributed by atoms with E-state index in [1.54, 1.807) is 0 Å². The van der Waals surface area contributed by atoms with Crippen LogP contribution in [0.5, 0.6) is 0 Å². The van der Waals surface area contributed by atoms with Crippen LogP contribution in [0.1, 0.15) is 11.0 Å². The molecule has 9 aromatic carbocycles. The number of furan rings is 1. The maximum Gasteiger partial charge on any atom is 0.136 e. The van der Waals surface area contributed by atoms with Crippen LogP contribution in [-0.2, 0) is 0 Å². The molecule has 0 fully saturated rings. The molecule has 0 atom stereocenters. The Labute approximate surface area is 295 Å². The predicted molar refractivity (Wildman–Crippen MR) is 208 cm³/mol. The number of rotatable bonds is 4. The summed E-state index contributed by atoms with van der Waals surface area (Å²) in [4.78, 5) is 0. The van der Waals surface area contributed by atoms with E-state index in [2.05, 4.69) is 0 Å². The van der Waals surface area contributed by atoms with Gasteiger partial charge in [-0.1, -0.05) is 158 Å². The Hall–Kier alpha value is -6.44. The monoisotopic (exact) mass is 630 g/mol. The molecule has 0 aliphatic heterocycles. The molecule has 0 spiro atoms. The first kappa shape index (κ1) is 20.7. The van der Waals surface area contributed by atoms with Gasteiger partial charge in [-0.25, -0.2) is 0 Å². The van der Waals surface area contributed by atoms with Crippen molar-refractivity contribution in [3.63, 3.8) is 0 Å². The lowest BCUT2D eigenvalue weighted by atomic mass is 9.83. The molecule has 1 aromatic heterocycles. The summed E-state index contributed by atoms with van der Waals surface area (Å²) in [7, 11) is 0. The van der Waals surface area contributed by atoms with Gasteiger partial charge in [-0.05, 0) is 101 Å². The second-order valence-electron chi connectivity index (χ2n) is 12.2. The van der Waals surface area contributed by atoms with Gasteiger partial charge >= 0.3 is 0 Å². The Bertz CT molecular complexity index is 3250. The molecule has 0 N–H and O–H groups in total. The van der Waals surface area contributed by atoms with Gasteiger partial charge in [0, 0.05) is 10.8 Å². The summed E-state index contributed by atoms with van der Waals surface area (Å²) in [5.74, 6) is 0. The van der Waals surface area contributed by atoms with Crippen LogP contribution in [0.2, 0.25) is 0 Å². The van der Waals surface area contributed by atoms with E-state index in [0.29, 0.717) is 33.2 Å². The van der Waals surface area contributed by atoms with Crippen LogP contribution in [0.15, 0.2) is 186 Å². The van der Waals surface area contributed by atoms with Crippen molar-refractivity contribution < 1.29 is 15.4 Å². The van der Waals surface area contributed by atoms with Crippen molar-refractivity contribution in [2.45, 2.75) is 0 Å². The summed E-state index contributed by atoms with van der Waals surface area (Å²) in [5.41, 5.74) is 6.41. The van der Waals surface area contributed by atoms with E-state index in [1.807, 2.05) is 133 Å². The largest absolute Gasteiger partial charge is 0.456 e. The summed E-state index contributed by atoms with van der Waals surface area (Å²) in [6.07, 6.45) is 0. The van der Waals surface area contributed by atoms with Crippen LogP contribution < -0.4 is 0 Å². The third kappa shape index (κ3) is 4.40. The van der Waals surface area contributed by atoms with Gasteiger partial charge < -0.3 is 4.42 Å². The Kier molecular flexibility index (Phi) is 4.69. The summed E-state index contributed by atoms with van der Waals surface area (Å²) >= 11 is 0. The van der Waals surface area contributed by atoms with Crippen molar-refractivity contribution in [2.24, 2.45) is 0 Å². The third-order valence-corrected chi connectivity index (χ3v) is 9.48. The highest BCUT2D eigenvalue weighted by Gasteiger charge is 2.22. The van der Waals surface area contributed by atoms with Gasteiger partial charge in [0.2, 0.25) is 0 Å². The molecule has 49 heavy (non-hydrogen) atoms. The highest BCUT2D eigenvalue weighted by Crippen LogP contribution is 2.49. The Morgan fingerprint density at radius 2 is 0.959 bits per heavy atom. The number of hydrogen-bond donors (Lipinski definition) is 0. The van der Waals surface area contributed by atoms with E-state index in [9.17, 15) is 5.48 Å². The van der Waals surface area contributed by atoms with E-state index in [0.717, 1.165) is 38.4 Å². The summed E-state index contributed by atoms with van der Waals surface area (Å²) in [5, 5.41) is 3.89. The SMILES string of the molecule is [2H]c1c([2H])c([2H])c2c(-c3cc(-c4ccccc4-c4ccccc4)cc4oc5ccccc5c34)c3c([2H])c([2H])c([2H])c([2H])c3c(-c3ccc4ccccc4c3)c2c1[2H]. The molecule has 1 nitrogen and oxygen atoms in total. The highest BCUT2D eigenvalue weighted by molar-refractivity contribution is 6.26. The summed E-state index contributed by atoms with van der Waals surface area (Å²) < 4.78 is 80.6. The molecular weight excluding hydrogens is 593 g/mol. The second-order valence-corrected chi connectivity index (χ2v) is 12.2. The summed E-state index contributed by atoms with van der Waals surface area (Å²) in [6, 6.07) is 40.0. The van der Waals surface area contributed by atoms with Crippen molar-refractivity contribution in [3.05, 3.63) is 182 Å². The molecule has 1 heteroatoms. The second kappa shape index (κ2) is 11.1. The van der Waals surface area contributed by atoms with Crippen LogP contribution in [0.3, 0.4) is 0 Å². The molecule has 228 valence electrons. The average molecular weight is 631 g/mol. The Balaban J connectivity index is 1.47. The number of fused-ring (bicyclic) bond motifs is 6. The fourth-order valence-corrected chi connectivity index (χ4v) is 7.34. The minimum absolute atomic E-state index is 0.154. The van der Waals surface area contributed by atoms with Gasteiger partial charge in [0.1, 0.15) is 11.2 Å². The first-order valence-electron chi connectivity index (χ1n) is 20.2. The molecule has 0 radical (unpaired) electrons. The first-order chi connectivity index (χ1) is 27.6. The van der Waals surface area contributed by atoms with E-state index >= 15 is 0 Å². The zero-order valence-corrected chi connectivity index (χ0v) is 26.1. The van der Waals surface area contributed by atoms with E-state index < -0.39 is 24.2 Å². The summed E-state index contributed by atoms with van der Waals surface area (Å²) in [6.45, 7) is 0. The number of benzene rings is 9. The third-order valence-electron chi connectivity index (χ3n) is 9.48. The van der Waals surface area contributed by atoms with Crippen molar-refractivity contribution in [1.82, 2.24) is 0 Å². The van der Waals surface area contributed by atoms with Gasteiger partial charge in [-0.15, -0.1) is 0 Å². The quantitative estimate of drug-likeness (QED) is 0.176. The van der Waals surface area contributed by atoms with Crippen molar-refractivity contribution in [1.29, 1.82) is 0 Å². The van der Waals surface area contributed by atoms with Crippen LogP contribution in [0, 0.1) is 0 Å². The van der Waals surface area contributed by atoms with Crippen molar-refractivity contribution in [2.75, 3.05) is 0 Å². The van der Waals surface area contributed by atoms with Crippen LogP contribution in [0.4, 0.5) is 0 Å². The maximum atomic E-state index is 9.59. The number of hydrogen-bond acceptors (Lipinski definition) is 1. The zero-order valence-electron chi connectivity index (χ0n) is 34.1. The molecule has 0 unspecified atom stereocenters. The molecule has 0 aliphatic rings. The normalized spacial score (nSPS) is 14.0. The Morgan fingerprint density at radius 1 is 0.367 bits per heavy atom. The molecular formula is C48H30O. The minimum atomic E-state index is -0.447. The fraction of sp³-hybridized carbons (Fsp3) is 0. The molecule has 0 saturated carbocycles. The molecule has 10 aromatic rings. The molecule has 10 rings (SSSR count). The van der Waals surface area contributed by atoms with Gasteiger partial charge in [-0.3, -0.25) is 0 Å². The van der Waals surface area contributed by atoms with Crippen molar-refractivity contribution in [3.8, 4) is 44.5 Å². The molecule has 0 aliphatic carbocycles. The predicted octanol–water partition coefficient (Wildman–Crippen LogP) is 13.7. The van der Waals surface area contributed by atoms with E-state index in [4.69, 9.17) is 9.90 Å². The van der Waals surface area contributed by atoms with Crippen LogP contribution >= 0.6 is 0 Å². The standard InChI is InChI=1S/C48H30O/c1-2-15-32(16-3-1)36-18-6-7-19-37(36)35-29-43(48-42-24-12-13-25-44(42)49-45(48)30-35)47-40-22-10-8-20-38(40)46(39-21-9-11-23-41(39)47)34-27-26-31-14-4-5-17-33(31)28-34/h1-30H/i8D,9D,10D,11D,20D,21D,22D,23D. The number of para-hydroxylation sites is 1. The zero-order chi connectivity index (χ0) is 39.3. The maximum absolute atomic E-state index is 9.59.